The van der Waals surface area contributed by atoms with Crippen LogP contribution in [0.5, 0.6) is 0 Å². The lowest BCUT2D eigenvalue weighted by Crippen LogP contribution is -2.44. The predicted molar refractivity (Wildman–Crippen MR) is 108 cm³/mol. The second-order valence-electron chi connectivity index (χ2n) is 7.46. The second-order valence-corrected chi connectivity index (χ2v) is 7.46. The summed E-state index contributed by atoms with van der Waals surface area (Å²) < 4.78 is 0. The minimum Gasteiger partial charge on any atom is -0.374 e. The molecule has 5 heteroatoms. The van der Waals surface area contributed by atoms with Gasteiger partial charge in [-0.2, -0.15) is 0 Å². The summed E-state index contributed by atoms with van der Waals surface area (Å²) >= 11 is 0. The number of benzene rings is 2. The maximum absolute atomic E-state index is 13.1. The summed E-state index contributed by atoms with van der Waals surface area (Å²) in [5.41, 5.74) is 3.98. The summed E-state index contributed by atoms with van der Waals surface area (Å²) in [5, 5.41) is 3.32. The van der Waals surface area contributed by atoms with E-state index in [0.29, 0.717) is 6.42 Å². The van der Waals surface area contributed by atoms with Gasteiger partial charge in [-0.15, -0.1) is 0 Å². The number of hydrogen-bond acceptors (Lipinski definition) is 3. The number of fused-ring (bicyclic) bond motifs is 1. The normalized spacial score (nSPS) is 19.9. The van der Waals surface area contributed by atoms with Crippen LogP contribution in [0.3, 0.4) is 0 Å². The van der Waals surface area contributed by atoms with Gasteiger partial charge in [0.25, 0.3) is 0 Å². The number of anilines is 3. The van der Waals surface area contributed by atoms with Crippen LogP contribution in [0.4, 0.5) is 17.1 Å². The van der Waals surface area contributed by atoms with Gasteiger partial charge in [0.2, 0.25) is 11.8 Å². The molecule has 27 heavy (non-hydrogen) atoms. The summed E-state index contributed by atoms with van der Waals surface area (Å²) in [6, 6.07) is 15.7. The van der Waals surface area contributed by atoms with E-state index in [2.05, 4.69) is 18.3 Å². The van der Waals surface area contributed by atoms with E-state index in [1.807, 2.05) is 59.2 Å². The smallest absolute Gasteiger partial charge is 0.249 e. The molecule has 0 saturated carbocycles. The van der Waals surface area contributed by atoms with E-state index in [4.69, 9.17) is 0 Å². The number of carbonyl (C=O) groups is 2. The van der Waals surface area contributed by atoms with E-state index in [0.717, 1.165) is 36.4 Å². The van der Waals surface area contributed by atoms with Gasteiger partial charge in [-0.05, 0) is 56.5 Å². The zero-order valence-electron chi connectivity index (χ0n) is 15.8. The molecule has 5 nitrogen and oxygen atoms in total. The van der Waals surface area contributed by atoms with Crippen LogP contribution in [-0.4, -0.2) is 30.4 Å². The van der Waals surface area contributed by atoms with Gasteiger partial charge < -0.3 is 15.1 Å². The summed E-state index contributed by atoms with van der Waals surface area (Å²) in [4.78, 5) is 28.8. The zero-order chi connectivity index (χ0) is 19.0. The molecule has 2 unspecified atom stereocenters. The number of amides is 2. The molecule has 0 aliphatic carbocycles. The quantitative estimate of drug-likeness (QED) is 0.903. The maximum atomic E-state index is 13.1. The van der Waals surface area contributed by atoms with Gasteiger partial charge in [0.1, 0.15) is 6.04 Å². The lowest BCUT2D eigenvalue weighted by Gasteiger charge is -2.27. The third-order valence-corrected chi connectivity index (χ3v) is 5.43. The molecule has 0 spiro atoms. The molecule has 2 aromatic carbocycles. The summed E-state index contributed by atoms with van der Waals surface area (Å²) in [5.74, 6) is 0.230. The zero-order valence-corrected chi connectivity index (χ0v) is 15.8. The molecule has 4 rings (SSSR count). The molecule has 0 bridgehead atoms. The molecular formula is C22H25N3O2. The predicted octanol–water partition coefficient (Wildman–Crippen LogP) is 3.59. The first-order chi connectivity index (χ1) is 13.0. The molecule has 2 aliphatic heterocycles. The van der Waals surface area contributed by atoms with Crippen molar-refractivity contribution in [3.8, 4) is 0 Å². The monoisotopic (exact) mass is 363 g/mol. The Labute approximate surface area is 160 Å². The van der Waals surface area contributed by atoms with Crippen molar-refractivity contribution in [2.24, 2.45) is 0 Å². The van der Waals surface area contributed by atoms with Crippen molar-refractivity contribution in [3.05, 3.63) is 54.1 Å². The number of nitrogens with zero attached hydrogens (tertiary/aromatic N) is 2. The molecule has 1 fully saturated rings. The molecular weight excluding hydrogens is 338 g/mol. The first-order valence-corrected chi connectivity index (χ1v) is 9.62. The molecule has 2 heterocycles. The van der Waals surface area contributed by atoms with Crippen molar-refractivity contribution >= 4 is 28.9 Å². The lowest BCUT2D eigenvalue weighted by atomic mass is 10.1. The standard InChI is InChI=1S/C22H25N3O2/c1-15-13-17-7-3-4-10-20(17)25(15)22(27)16(2)23-18-8-5-9-19(14-18)24-12-6-11-21(24)26/h3-5,7-10,14-16,23H,6,11-13H2,1-2H3. The molecule has 2 aliphatic rings. The minimum absolute atomic E-state index is 0.0649. The fourth-order valence-corrected chi connectivity index (χ4v) is 4.11. The van der Waals surface area contributed by atoms with E-state index in [1.165, 1.54) is 5.56 Å². The number of rotatable bonds is 4. The number of carbonyl (C=O) groups excluding carboxylic acids is 2. The van der Waals surface area contributed by atoms with Gasteiger partial charge in [0, 0.05) is 36.1 Å². The molecule has 0 radical (unpaired) electrons. The number of hydrogen-bond donors (Lipinski definition) is 1. The molecule has 140 valence electrons. The van der Waals surface area contributed by atoms with Crippen LogP contribution in [0.2, 0.25) is 0 Å². The van der Waals surface area contributed by atoms with E-state index in [9.17, 15) is 9.59 Å². The third-order valence-electron chi connectivity index (χ3n) is 5.43. The summed E-state index contributed by atoms with van der Waals surface area (Å²) in [7, 11) is 0. The minimum atomic E-state index is -0.358. The first-order valence-electron chi connectivity index (χ1n) is 9.62. The third kappa shape index (κ3) is 3.29. The Morgan fingerprint density at radius 3 is 2.78 bits per heavy atom. The highest BCUT2D eigenvalue weighted by atomic mass is 16.2. The van der Waals surface area contributed by atoms with Crippen molar-refractivity contribution in [1.82, 2.24) is 0 Å². The van der Waals surface area contributed by atoms with Gasteiger partial charge in [0.05, 0.1) is 0 Å². The Morgan fingerprint density at radius 2 is 2.00 bits per heavy atom. The first kappa shape index (κ1) is 17.6. The summed E-state index contributed by atoms with van der Waals surface area (Å²) in [6.45, 7) is 4.74. The van der Waals surface area contributed by atoms with E-state index >= 15 is 0 Å². The average molecular weight is 363 g/mol. The Kier molecular flexibility index (Phi) is 4.60. The van der Waals surface area contributed by atoms with Crippen LogP contribution in [0.1, 0.15) is 32.3 Å². The number of nitrogens with one attached hydrogen (secondary N) is 1. The Morgan fingerprint density at radius 1 is 1.19 bits per heavy atom. The lowest BCUT2D eigenvalue weighted by molar-refractivity contribution is -0.119. The highest BCUT2D eigenvalue weighted by Gasteiger charge is 2.33. The molecule has 2 amide bonds. The van der Waals surface area contributed by atoms with Crippen molar-refractivity contribution in [3.63, 3.8) is 0 Å². The van der Waals surface area contributed by atoms with Gasteiger partial charge in [-0.1, -0.05) is 24.3 Å². The van der Waals surface area contributed by atoms with Crippen molar-refractivity contribution in [2.45, 2.75) is 45.2 Å². The van der Waals surface area contributed by atoms with E-state index < -0.39 is 0 Å². The number of para-hydroxylation sites is 1. The molecule has 1 saturated heterocycles. The van der Waals surface area contributed by atoms with Gasteiger partial charge in [-0.3, -0.25) is 9.59 Å². The maximum Gasteiger partial charge on any atom is 0.249 e. The highest BCUT2D eigenvalue weighted by molar-refractivity contribution is 6.01. The van der Waals surface area contributed by atoms with Gasteiger partial charge in [-0.25, -0.2) is 0 Å². The fourth-order valence-electron chi connectivity index (χ4n) is 4.11. The van der Waals surface area contributed by atoms with Crippen LogP contribution in [0.25, 0.3) is 0 Å². The SMILES string of the molecule is CC(Nc1cccc(N2CCCC2=O)c1)C(=O)N1c2ccccc2CC1C. The molecule has 1 N–H and O–H groups in total. The van der Waals surface area contributed by atoms with Crippen LogP contribution in [-0.2, 0) is 16.0 Å². The second kappa shape index (κ2) is 7.06. The largest absolute Gasteiger partial charge is 0.374 e. The van der Waals surface area contributed by atoms with Gasteiger partial charge in [0.15, 0.2) is 0 Å². The van der Waals surface area contributed by atoms with E-state index in [-0.39, 0.29) is 23.9 Å². The van der Waals surface area contributed by atoms with E-state index in [1.54, 1.807) is 0 Å². The average Bonchev–Trinajstić information content (AvgIpc) is 3.23. The Bertz CT molecular complexity index is 879. The summed E-state index contributed by atoms with van der Waals surface area (Å²) in [6.07, 6.45) is 2.40. The molecule has 0 aromatic heterocycles. The van der Waals surface area contributed by atoms with Crippen molar-refractivity contribution in [2.75, 3.05) is 21.7 Å². The van der Waals surface area contributed by atoms with Crippen LogP contribution in [0, 0.1) is 0 Å². The van der Waals surface area contributed by atoms with Crippen LogP contribution in [0.15, 0.2) is 48.5 Å². The van der Waals surface area contributed by atoms with Crippen molar-refractivity contribution in [1.29, 1.82) is 0 Å². The molecule has 2 aromatic rings. The fraction of sp³-hybridized carbons (Fsp3) is 0.364. The topological polar surface area (TPSA) is 52.7 Å². The van der Waals surface area contributed by atoms with Crippen LogP contribution < -0.4 is 15.1 Å². The van der Waals surface area contributed by atoms with Gasteiger partial charge >= 0.3 is 0 Å². The Balaban J connectivity index is 1.50. The van der Waals surface area contributed by atoms with Crippen molar-refractivity contribution < 1.29 is 9.59 Å². The Hall–Kier alpha value is -2.82. The molecule has 2 atom stereocenters. The highest BCUT2D eigenvalue weighted by Crippen LogP contribution is 2.32. The van der Waals surface area contributed by atoms with Crippen LogP contribution >= 0.6 is 0 Å².